The van der Waals surface area contributed by atoms with Gasteiger partial charge in [0.2, 0.25) is 0 Å². The number of carbonyl (C=O) groups excluding carboxylic acids is 1. The molecule has 0 radical (unpaired) electrons. The molecule has 0 aromatic heterocycles. The Morgan fingerprint density at radius 3 is 2.42 bits per heavy atom. The van der Waals surface area contributed by atoms with Crippen molar-refractivity contribution in [2.24, 2.45) is 0 Å². The van der Waals surface area contributed by atoms with Crippen LogP contribution in [0.5, 0.6) is 0 Å². The number of rotatable bonds is 2. The average Bonchev–Trinajstić information content (AvgIpc) is 2.93. The summed E-state index contributed by atoms with van der Waals surface area (Å²) in [4.78, 5) is 14.4. The van der Waals surface area contributed by atoms with E-state index in [1.54, 1.807) is 0 Å². The van der Waals surface area contributed by atoms with E-state index in [4.69, 9.17) is 16.3 Å². The fraction of sp³-hybridized carbons (Fsp3) is 0.316. The lowest BCUT2D eigenvalue weighted by molar-refractivity contribution is -0.0219. The van der Waals surface area contributed by atoms with Crippen molar-refractivity contribution in [2.75, 3.05) is 18.4 Å². The highest BCUT2D eigenvalue weighted by Gasteiger charge is 2.35. The van der Waals surface area contributed by atoms with Gasteiger partial charge in [0, 0.05) is 23.8 Å². The van der Waals surface area contributed by atoms with Crippen LogP contribution in [0, 0.1) is 0 Å². The van der Waals surface area contributed by atoms with Crippen LogP contribution in [0.4, 0.5) is 10.5 Å². The second kappa shape index (κ2) is 6.46. The molecule has 4 rings (SSSR count). The molecule has 0 unspecified atom stereocenters. The van der Waals surface area contributed by atoms with Crippen LogP contribution in [0.1, 0.15) is 12.8 Å². The Bertz CT molecular complexity index is 753. The molecule has 0 saturated carbocycles. The molecule has 2 aliphatic heterocycles. The summed E-state index contributed by atoms with van der Waals surface area (Å²) in [6.45, 7) is 1.35. The van der Waals surface area contributed by atoms with E-state index in [0.717, 1.165) is 29.7 Å². The third kappa shape index (κ3) is 3.25. The Kier molecular flexibility index (Phi) is 4.17. The minimum absolute atomic E-state index is 0.0570. The molecule has 2 amide bonds. The Morgan fingerprint density at radius 1 is 1.04 bits per heavy atom. The van der Waals surface area contributed by atoms with E-state index in [9.17, 15) is 4.79 Å². The number of hydrogen-bond donors (Lipinski definition) is 1. The maximum atomic E-state index is 12.5. The zero-order valence-corrected chi connectivity index (χ0v) is 14.0. The number of anilines is 1. The quantitative estimate of drug-likeness (QED) is 0.878. The van der Waals surface area contributed by atoms with E-state index < -0.39 is 0 Å². The van der Waals surface area contributed by atoms with Gasteiger partial charge in [-0.25, -0.2) is 4.79 Å². The van der Waals surface area contributed by atoms with Crippen molar-refractivity contribution >= 4 is 23.3 Å². The van der Waals surface area contributed by atoms with Crippen LogP contribution >= 0.6 is 11.6 Å². The molecule has 2 fully saturated rings. The minimum Gasteiger partial charge on any atom is -0.371 e. The Hall–Kier alpha value is -2.04. The molecule has 2 aliphatic rings. The zero-order chi connectivity index (χ0) is 16.5. The number of ether oxygens (including phenoxy) is 1. The molecule has 0 spiro atoms. The highest BCUT2D eigenvalue weighted by molar-refractivity contribution is 6.30. The first kappa shape index (κ1) is 15.5. The van der Waals surface area contributed by atoms with E-state index in [-0.39, 0.29) is 18.2 Å². The van der Waals surface area contributed by atoms with Gasteiger partial charge in [-0.1, -0.05) is 35.9 Å². The van der Waals surface area contributed by atoms with E-state index >= 15 is 0 Å². The number of halogens is 1. The first-order chi connectivity index (χ1) is 11.7. The van der Waals surface area contributed by atoms with Crippen LogP contribution in [0.3, 0.4) is 0 Å². The van der Waals surface area contributed by atoms with E-state index in [1.165, 1.54) is 0 Å². The maximum Gasteiger partial charge on any atom is 0.322 e. The molecule has 2 heterocycles. The van der Waals surface area contributed by atoms with Crippen molar-refractivity contribution < 1.29 is 9.53 Å². The molecule has 124 valence electrons. The average molecular weight is 343 g/mol. The van der Waals surface area contributed by atoms with Crippen molar-refractivity contribution in [2.45, 2.75) is 25.0 Å². The molecule has 5 heteroatoms. The topological polar surface area (TPSA) is 41.6 Å². The van der Waals surface area contributed by atoms with Crippen molar-refractivity contribution in [1.29, 1.82) is 0 Å². The van der Waals surface area contributed by atoms with Gasteiger partial charge in [-0.15, -0.1) is 0 Å². The van der Waals surface area contributed by atoms with Gasteiger partial charge in [0.25, 0.3) is 0 Å². The van der Waals surface area contributed by atoms with Gasteiger partial charge in [0.1, 0.15) is 0 Å². The molecule has 4 nitrogen and oxygen atoms in total. The molecule has 2 atom stereocenters. The van der Waals surface area contributed by atoms with Crippen molar-refractivity contribution in [1.82, 2.24) is 4.90 Å². The predicted octanol–water partition coefficient (Wildman–Crippen LogP) is 4.40. The second-order valence-electron chi connectivity index (χ2n) is 6.38. The van der Waals surface area contributed by atoms with Crippen LogP contribution in [0.2, 0.25) is 5.02 Å². The predicted molar refractivity (Wildman–Crippen MR) is 95.4 cm³/mol. The largest absolute Gasteiger partial charge is 0.371 e. The normalized spacial score (nSPS) is 22.5. The smallest absolute Gasteiger partial charge is 0.322 e. The van der Waals surface area contributed by atoms with Crippen LogP contribution in [-0.2, 0) is 4.74 Å². The Balaban J connectivity index is 1.49. The van der Waals surface area contributed by atoms with Crippen LogP contribution in [-0.4, -0.2) is 36.2 Å². The number of nitrogens with zero attached hydrogens (tertiary/aromatic N) is 1. The van der Waals surface area contributed by atoms with Crippen LogP contribution in [0.25, 0.3) is 11.1 Å². The van der Waals surface area contributed by atoms with Crippen molar-refractivity contribution in [3.63, 3.8) is 0 Å². The van der Waals surface area contributed by atoms with Gasteiger partial charge in [0.05, 0.1) is 12.2 Å². The number of hydrogen-bond acceptors (Lipinski definition) is 2. The number of carbonyl (C=O) groups is 1. The van der Waals surface area contributed by atoms with E-state index in [0.29, 0.717) is 18.1 Å². The zero-order valence-electron chi connectivity index (χ0n) is 13.2. The van der Waals surface area contributed by atoms with Gasteiger partial charge in [-0.05, 0) is 48.2 Å². The van der Waals surface area contributed by atoms with Gasteiger partial charge in [0.15, 0.2) is 0 Å². The third-order valence-electron chi connectivity index (χ3n) is 4.60. The molecular weight excluding hydrogens is 324 g/mol. The lowest BCUT2D eigenvalue weighted by Crippen LogP contribution is -2.47. The summed E-state index contributed by atoms with van der Waals surface area (Å²) in [6, 6.07) is 15.5. The monoisotopic (exact) mass is 342 g/mol. The van der Waals surface area contributed by atoms with Crippen LogP contribution < -0.4 is 5.32 Å². The molecule has 2 saturated heterocycles. The molecule has 2 aromatic rings. The summed E-state index contributed by atoms with van der Waals surface area (Å²) in [5.41, 5.74) is 2.84. The Morgan fingerprint density at radius 2 is 1.71 bits per heavy atom. The summed E-state index contributed by atoms with van der Waals surface area (Å²) in [6.07, 6.45) is 2.51. The lowest BCUT2D eigenvalue weighted by Gasteiger charge is -2.32. The maximum absolute atomic E-state index is 12.5. The summed E-state index contributed by atoms with van der Waals surface area (Å²) in [7, 11) is 0. The number of amides is 2. The molecule has 1 N–H and O–H groups in total. The number of morpholine rings is 1. The van der Waals surface area contributed by atoms with E-state index in [1.807, 2.05) is 53.4 Å². The molecule has 2 bridgehead atoms. The highest BCUT2D eigenvalue weighted by atomic mass is 35.5. The van der Waals surface area contributed by atoms with Crippen LogP contribution in [0.15, 0.2) is 48.5 Å². The van der Waals surface area contributed by atoms with Gasteiger partial charge < -0.3 is 15.0 Å². The van der Waals surface area contributed by atoms with Gasteiger partial charge >= 0.3 is 6.03 Å². The molecule has 2 aromatic carbocycles. The summed E-state index contributed by atoms with van der Waals surface area (Å²) >= 11 is 6.07. The SMILES string of the molecule is O=C(Nc1cccc(-c2cccc(Cl)c2)c1)N1C[C@H]2CC[C@@H](C1)O2. The van der Waals surface area contributed by atoms with Gasteiger partial charge in [-0.3, -0.25) is 0 Å². The number of fused-ring (bicyclic) bond motifs is 2. The second-order valence-corrected chi connectivity index (χ2v) is 6.82. The first-order valence-corrected chi connectivity index (χ1v) is 8.62. The van der Waals surface area contributed by atoms with Gasteiger partial charge in [-0.2, -0.15) is 0 Å². The molecule has 0 aliphatic carbocycles. The number of urea groups is 1. The summed E-state index contributed by atoms with van der Waals surface area (Å²) in [5, 5.41) is 3.70. The fourth-order valence-electron chi connectivity index (χ4n) is 3.43. The van der Waals surface area contributed by atoms with Crippen molar-refractivity contribution in [3.05, 3.63) is 53.6 Å². The number of benzene rings is 2. The molecular formula is C19H19ClN2O2. The van der Waals surface area contributed by atoms with E-state index in [2.05, 4.69) is 5.32 Å². The standard InChI is InChI=1S/C19H19ClN2O2/c20-15-5-1-3-13(9-15)14-4-2-6-16(10-14)21-19(23)22-11-17-7-8-18(12-22)24-17/h1-6,9-10,17-18H,7-8,11-12H2,(H,21,23)/t17-,18+. The highest BCUT2D eigenvalue weighted by Crippen LogP contribution is 2.28. The number of nitrogens with one attached hydrogen (secondary N) is 1. The Labute approximate surface area is 146 Å². The van der Waals surface area contributed by atoms with Crippen molar-refractivity contribution in [3.8, 4) is 11.1 Å². The lowest BCUT2D eigenvalue weighted by atomic mass is 10.1. The molecule has 24 heavy (non-hydrogen) atoms. The first-order valence-electron chi connectivity index (χ1n) is 8.25. The number of likely N-dealkylation sites (tertiary alicyclic amines) is 1. The minimum atomic E-state index is -0.0570. The fourth-order valence-corrected chi connectivity index (χ4v) is 3.62. The summed E-state index contributed by atoms with van der Waals surface area (Å²) < 4.78 is 5.78. The third-order valence-corrected chi connectivity index (χ3v) is 4.84. The summed E-state index contributed by atoms with van der Waals surface area (Å²) in [5.74, 6) is 0.